The molecule has 0 atom stereocenters. The first-order valence-electron chi connectivity index (χ1n) is 8.04. The quantitative estimate of drug-likeness (QED) is 0.563. The van der Waals surface area contributed by atoms with Gasteiger partial charge in [0.2, 0.25) is 0 Å². The van der Waals surface area contributed by atoms with Crippen molar-refractivity contribution < 1.29 is 14.3 Å². The summed E-state index contributed by atoms with van der Waals surface area (Å²) < 4.78 is 11.1. The zero-order chi connectivity index (χ0) is 18.7. The van der Waals surface area contributed by atoms with Gasteiger partial charge in [0, 0.05) is 0 Å². The number of aryl methyl sites for hydroxylation is 1. The van der Waals surface area contributed by atoms with Crippen molar-refractivity contribution in [3.8, 4) is 11.5 Å². The summed E-state index contributed by atoms with van der Waals surface area (Å²) in [7, 11) is 3.18. The van der Waals surface area contributed by atoms with Crippen molar-refractivity contribution in [2.45, 2.75) is 13.5 Å². The van der Waals surface area contributed by atoms with Crippen molar-refractivity contribution >= 4 is 40.3 Å². The molecular weight excluding hydrogens is 366 g/mol. The van der Waals surface area contributed by atoms with E-state index in [1.165, 1.54) is 17.3 Å². The summed E-state index contributed by atoms with van der Waals surface area (Å²) in [6, 6.07) is 13.6. The molecule has 26 heavy (non-hydrogen) atoms. The Balaban J connectivity index is 1.81. The third-order valence-electron chi connectivity index (χ3n) is 4.04. The molecule has 1 amide bonds. The molecule has 3 rings (SSSR count). The van der Waals surface area contributed by atoms with E-state index in [9.17, 15) is 4.79 Å². The number of thioether (sulfide) groups is 1. The van der Waals surface area contributed by atoms with Gasteiger partial charge in [0.25, 0.3) is 5.91 Å². The monoisotopic (exact) mass is 385 g/mol. The van der Waals surface area contributed by atoms with Gasteiger partial charge in [0.1, 0.15) is 4.32 Å². The third kappa shape index (κ3) is 3.92. The number of benzene rings is 2. The second kappa shape index (κ2) is 7.93. The molecule has 1 heterocycles. The van der Waals surface area contributed by atoms with Crippen LogP contribution in [0.3, 0.4) is 0 Å². The summed E-state index contributed by atoms with van der Waals surface area (Å²) in [6.45, 7) is 2.52. The van der Waals surface area contributed by atoms with E-state index in [1.54, 1.807) is 19.1 Å². The Morgan fingerprint density at radius 1 is 1.08 bits per heavy atom. The lowest BCUT2D eigenvalue weighted by molar-refractivity contribution is -0.122. The van der Waals surface area contributed by atoms with Crippen LogP contribution < -0.4 is 9.47 Å². The lowest BCUT2D eigenvalue weighted by Gasteiger charge is -2.14. The number of amides is 1. The molecular formula is C20H19NO3S2. The van der Waals surface area contributed by atoms with Crippen molar-refractivity contribution in [1.82, 2.24) is 4.90 Å². The Kier molecular flexibility index (Phi) is 5.64. The fourth-order valence-electron chi connectivity index (χ4n) is 2.61. The Bertz CT molecular complexity index is 875. The van der Waals surface area contributed by atoms with Gasteiger partial charge in [0.15, 0.2) is 11.5 Å². The van der Waals surface area contributed by atoms with Gasteiger partial charge in [0.05, 0.1) is 25.7 Å². The van der Waals surface area contributed by atoms with Gasteiger partial charge in [-0.25, -0.2) is 0 Å². The zero-order valence-electron chi connectivity index (χ0n) is 14.8. The molecule has 1 aliphatic rings. The van der Waals surface area contributed by atoms with E-state index in [2.05, 4.69) is 0 Å². The number of hydrogen-bond donors (Lipinski definition) is 0. The topological polar surface area (TPSA) is 38.8 Å². The first-order chi connectivity index (χ1) is 12.5. The number of hydrogen-bond acceptors (Lipinski definition) is 5. The predicted octanol–water partition coefficient (Wildman–Crippen LogP) is 4.41. The summed E-state index contributed by atoms with van der Waals surface area (Å²) in [5.74, 6) is 1.20. The highest BCUT2D eigenvalue weighted by Crippen LogP contribution is 2.35. The molecule has 1 saturated heterocycles. The molecule has 6 heteroatoms. The lowest BCUT2D eigenvalue weighted by Crippen LogP contribution is -2.27. The molecule has 0 bridgehead atoms. The molecule has 2 aromatic carbocycles. The van der Waals surface area contributed by atoms with Crippen LogP contribution in [0.1, 0.15) is 16.7 Å². The van der Waals surface area contributed by atoms with Crippen LogP contribution in [0, 0.1) is 6.92 Å². The van der Waals surface area contributed by atoms with Crippen molar-refractivity contribution in [2.24, 2.45) is 0 Å². The van der Waals surface area contributed by atoms with Crippen LogP contribution in [-0.4, -0.2) is 29.3 Å². The van der Waals surface area contributed by atoms with Crippen LogP contribution in [0.25, 0.3) is 6.08 Å². The highest BCUT2D eigenvalue weighted by atomic mass is 32.2. The molecule has 1 fully saturated rings. The highest BCUT2D eigenvalue weighted by Gasteiger charge is 2.32. The molecule has 4 nitrogen and oxygen atoms in total. The number of ether oxygens (including phenoxy) is 2. The molecule has 134 valence electrons. The van der Waals surface area contributed by atoms with E-state index < -0.39 is 0 Å². The van der Waals surface area contributed by atoms with E-state index in [4.69, 9.17) is 21.7 Å². The summed E-state index contributed by atoms with van der Waals surface area (Å²) in [5, 5.41) is 0. The highest BCUT2D eigenvalue weighted by molar-refractivity contribution is 8.26. The molecule has 0 N–H and O–H groups in total. The van der Waals surface area contributed by atoms with E-state index in [0.717, 1.165) is 11.1 Å². The molecule has 0 spiro atoms. The molecule has 0 aromatic heterocycles. The van der Waals surface area contributed by atoms with Gasteiger partial charge in [-0.05, 0) is 36.3 Å². The lowest BCUT2D eigenvalue weighted by atomic mass is 10.1. The van der Waals surface area contributed by atoms with E-state index in [0.29, 0.717) is 27.3 Å². The van der Waals surface area contributed by atoms with Crippen molar-refractivity contribution in [2.75, 3.05) is 14.2 Å². The Morgan fingerprint density at radius 2 is 1.77 bits per heavy atom. The second-order valence-electron chi connectivity index (χ2n) is 5.87. The summed E-state index contributed by atoms with van der Waals surface area (Å²) >= 11 is 6.73. The number of carbonyl (C=O) groups is 1. The van der Waals surface area contributed by atoms with Gasteiger partial charge in [-0.3, -0.25) is 9.69 Å². The van der Waals surface area contributed by atoms with Crippen LogP contribution in [0.4, 0.5) is 0 Å². The Hall–Kier alpha value is -2.31. The summed E-state index contributed by atoms with van der Waals surface area (Å²) in [4.78, 5) is 15.0. The van der Waals surface area contributed by atoms with Crippen LogP contribution in [0.5, 0.6) is 11.5 Å². The fraction of sp³-hybridized carbons (Fsp3) is 0.200. The molecule has 0 aliphatic carbocycles. The maximum atomic E-state index is 12.8. The average molecular weight is 386 g/mol. The van der Waals surface area contributed by atoms with Crippen LogP contribution >= 0.6 is 24.0 Å². The third-order valence-corrected chi connectivity index (χ3v) is 5.42. The fourth-order valence-corrected chi connectivity index (χ4v) is 3.86. The van der Waals surface area contributed by atoms with Gasteiger partial charge in [-0.15, -0.1) is 0 Å². The Labute approximate surface area is 162 Å². The van der Waals surface area contributed by atoms with E-state index in [-0.39, 0.29) is 5.91 Å². The first-order valence-corrected chi connectivity index (χ1v) is 9.27. The number of carbonyl (C=O) groups excluding carboxylic acids is 1. The van der Waals surface area contributed by atoms with Gasteiger partial charge in [-0.2, -0.15) is 0 Å². The molecule has 2 aromatic rings. The minimum Gasteiger partial charge on any atom is -0.493 e. The predicted molar refractivity (Wildman–Crippen MR) is 109 cm³/mol. The van der Waals surface area contributed by atoms with Crippen molar-refractivity contribution in [1.29, 1.82) is 0 Å². The van der Waals surface area contributed by atoms with Crippen molar-refractivity contribution in [3.63, 3.8) is 0 Å². The second-order valence-corrected chi connectivity index (χ2v) is 7.54. The summed E-state index contributed by atoms with van der Waals surface area (Å²) in [6.07, 6.45) is 1.83. The smallest absolute Gasteiger partial charge is 0.266 e. The normalized spacial score (nSPS) is 15.7. The van der Waals surface area contributed by atoms with Gasteiger partial charge < -0.3 is 9.47 Å². The number of thiocarbonyl (C=S) groups is 1. The van der Waals surface area contributed by atoms with Gasteiger partial charge >= 0.3 is 0 Å². The maximum Gasteiger partial charge on any atom is 0.266 e. The van der Waals surface area contributed by atoms with Crippen LogP contribution in [0.2, 0.25) is 0 Å². The van der Waals surface area contributed by atoms with E-state index >= 15 is 0 Å². The number of methoxy groups -OCH3 is 2. The van der Waals surface area contributed by atoms with Crippen molar-refractivity contribution in [3.05, 3.63) is 64.1 Å². The standard InChI is InChI=1S/C20H19NO3S2/c1-13-4-6-14(7-5-13)12-21-19(22)18(26-20(21)25)11-15-8-9-16(23-2)17(10-15)24-3/h4-11H,12H2,1-3H3/b18-11-. The maximum absolute atomic E-state index is 12.8. The first kappa shape index (κ1) is 18.5. The van der Waals surface area contributed by atoms with Crippen LogP contribution in [0.15, 0.2) is 47.4 Å². The van der Waals surface area contributed by atoms with Gasteiger partial charge in [-0.1, -0.05) is 59.9 Å². The largest absolute Gasteiger partial charge is 0.493 e. The summed E-state index contributed by atoms with van der Waals surface area (Å²) in [5.41, 5.74) is 3.10. The number of nitrogens with zero attached hydrogens (tertiary/aromatic N) is 1. The van der Waals surface area contributed by atoms with Crippen LogP contribution in [-0.2, 0) is 11.3 Å². The minimum absolute atomic E-state index is 0.0737. The molecule has 1 aliphatic heterocycles. The Morgan fingerprint density at radius 3 is 2.42 bits per heavy atom. The minimum atomic E-state index is -0.0737. The van der Waals surface area contributed by atoms with E-state index in [1.807, 2.05) is 55.5 Å². The average Bonchev–Trinajstić information content (AvgIpc) is 2.90. The molecule has 0 unspecified atom stereocenters. The SMILES string of the molecule is COc1ccc(/C=C2\SC(=S)N(Cc3ccc(C)cc3)C2=O)cc1OC. The molecule has 0 radical (unpaired) electrons. The number of rotatable bonds is 5. The zero-order valence-corrected chi connectivity index (χ0v) is 16.4. The molecule has 0 saturated carbocycles.